The Balaban J connectivity index is 3.18. The van der Waals surface area contributed by atoms with Gasteiger partial charge in [0.1, 0.15) is 17.3 Å². The van der Waals surface area contributed by atoms with Gasteiger partial charge in [-0.3, -0.25) is 4.79 Å². The van der Waals surface area contributed by atoms with E-state index in [0.717, 1.165) is 13.2 Å². The van der Waals surface area contributed by atoms with Gasteiger partial charge in [0.25, 0.3) is 5.78 Å². The summed E-state index contributed by atoms with van der Waals surface area (Å²) in [5.41, 5.74) is 0.253. The maximum absolute atomic E-state index is 11.4. The maximum atomic E-state index is 11.4. The Kier molecular flexibility index (Phi) is 5.58. The van der Waals surface area contributed by atoms with Gasteiger partial charge in [-0.1, -0.05) is 0 Å². The zero-order chi connectivity index (χ0) is 15.1. The molecule has 108 valence electrons. The number of ketones is 1. The summed E-state index contributed by atoms with van der Waals surface area (Å²) < 4.78 is 14.7. The van der Waals surface area contributed by atoms with E-state index < -0.39 is 17.5 Å². The zero-order valence-electron chi connectivity index (χ0n) is 11.5. The molecule has 0 amide bonds. The molecule has 0 aliphatic carbocycles. The minimum Gasteiger partial charge on any atom is -0.507 e. The molecule has 0 bridgehead atoms. The normalized spacial score (nSPS) is 10.8. The van der Waals surface area contributed by atoms with Crippen molar-refractivity contribution in [3.05, 3.63) is 29.8 Å². The molecule has 1 aromatic carbocycles. The highest BCUT2D eigenvalue weighted by Gasteiger charge is 2.16. The summed E-state index contributed by atoms with van der Waals surface area (Å²) in [7, 11) is 2.56. The minimum atomic E-state index is -1.06. The number of methoxy groups -OCH3 is 2. The molecule has 1 rings (SSSR count). The molecule has 0 spiro atoms. The number of esters is 1. The number of rotatable bonds is 6. The number of carbonyl (C=O) groups excluding carboxylic acids is 2. The molecule has 6 nitrogen and oxygen atoms in total. The summed E-state index contributed by atoms with van der Waals surface area (Å²) in [6.45, 7) is 2.17. The Morgan fingerprint density at radius 3 is 2.55 bits per heavy atom. The minimum absolute atomic E-state index is 0.253. The molecule has 0 unspecified atom stereocenters. The molecule has 0 saturated heterocycles. The Morgan fingerprint density at radius 2 is 2.00 bits per heavy atom. The highest BCUT2D eigenvalue weighted by Crippen LogP contribution is 2.29. The molecular weight excluding hydrogens is 264 g/mol. The Hall–Kier alpha value is -2.50. The van der Waals surface area contributed by atoms with Crippen molar-refractivity contribution in [2.24, 2.45) is 0 Å². The van der Waals surface area contributed by atoms with E-state index in [4.69, 9.17) is 9.47 Å². The number of hydrogen-bond acceptors (Lipinski definition) is 6. The van der Waals surface area contributed by atoms with Crippen molar-refractivity contribution in [2.75, 3.05) is 20.8 Å². The average molecular weight is 280 g/mol. The van der Waals surface area contributed by atoms with Gasteiger partial charge in [-0.25, -0.2) is 4.79 Å². The molecule has 0 aliphatic heterocycles. The molecule has 20 heavy (non-hydrogen) atoms. The molecule has 1 N–H and O–H groups in total. The van der Waals surface area contributed by atoms with Gasteiger partial charge >= 0.3 is 5.97 Å². The lowest BCUT2D eigenvalue weighted by Crippen LogP contribution is -2.13. The number of carbonyl (C=O) groups is 2. The number of aliphatic hydroxyl groups is 1. The summed E-state index contributed by atoms with van der Waals surface area (Å²) in [6.07, 6.45) is 0.781. The summed E-state index contributed by atoms with van der Waals surface area (Å²) in [5, 5.41) is 9.96. The van der Waals surface area contributed by atoms with Gasteiger partial charge in [0.15, 0.2) is 0 Å². The molecule has 1 aromatic rings. The van der Waals surface area contributed by atoms with E-state index in [-0.39, 0.29) is 5.56 Å². The second kappa shape index (κ2) is 7.18. The van der Waals surface area contributed by atoms with E-state index >= 15 is 0 Å². The molecule has 0 saturated carbocycles. The molecule has 0 fully saturated rings. The van der Waals surface area contributed by atoms with Crippen molar-refractivity contribution in [2.45, 2.75) is 6.92 Å². The van der Waals surface area contributed by atoms with Gasteiger partial charge in [0.2, 0.25) is 0 Å². The van der Waals surface area contributed by atoms with Crippen LogP contribution in [0.5, 0.6) is 11.5 Å². The van der Waals surface area contributed by atoms with Gasteiger partial charge in [-0.05, 0) is 25.1 Å². The summed E-state index contributed by atoms with van der Waals surface area (Å²) in [6, 6.07) is 4.76. The van der Waals surface area contributed by atoms with E-state index in [2.05, 4.69) is 4.74 Å². The number of hydrogen-bond donors (Lipinski definition) is 1. The zero-order valence-corrected chi connectivity index (χ0v) is 11.5. The third kappa shape index (κ3) is 3.74. The highest BCUT2D eigenvalue weighted by molar-refractivity contribution is 6.39. The predicted molar refractivity (Wildman–Crippen MR) is 71.8 cm³/mol. The van der Waals surface area contributed by atoms with Crippen LogP contribution in [0.3, 0.4) is 0 Å². The lowest BCUT2D eigenvalue weighted by Gasteiger charge is -2.11. The standard InChI is InChI=1S/C14H16O6/c1-4-20-13-6-5-9(18-2)7-10(13)11(15)8-12(16)14(17)19-3/h5-8,15H,4H2,1-3H3/b11-8-. The Labute approximate surface area is 116 Å². The number of aliphatic hydroxyl groups excluding tert-OH is 1. The molecule has 0 aliphatic rings. The molecule has 0 radical (unpaired) electrons. The largest absolute Gasteiger partial charge is 0.507 e. The first kappa shape index (κ1) is 15.6. The third-order valence-electron chi connectivity index (χ3n) is 2.42. The van der Waals surface area contributed by atoms with Crippen LogP contribution in [0.25, 0.3) is 5.76 Å². The predicted octanol–water partition coefficient (Wildman–Crippen LogP) is 1.73. The van der Waals surface area contributed by atoms with Gasteiger partial charge in [0, 0.05) is 6.08 Å². The van der Waals surface area contributed by atoms with Crippen molar-refractivity contribution in [3.63, 3.8) is 0 Å². The van der Waals surface area contributed by atoms with E-state index in [1.54, 1.807) is 19.1 Å². The average Bonchev–Trinajstić information content (AvgIpc) is 2.46. The third-order valence-corrected chi connectivity index (χ3v) is 2.42. The smallest absolute Gasteiger partial charge is 0.378 e. The number of benzene rings is 1. The van der Waals surface area contributed by atoms with Gasteiger partial charge < -0.3 is 19.3 Å². The summed E-state index contributed by atoms with van der Waals surface area (Å²) in [4.78, 5) is 22.4. The fourth-order valence-electron chi connectivity index (χ4n) is 1.48. The maximum Gasteiger partial charge on any atom is 0.378 e. The Bertz CT molecular complexity index is 532. The topological polar surface area (TPSA) is 82.1 Å². The fourth-order valence-corrected chi connectivity index (χ4v) is 1.48. The van der Waals surface area contributed by atoms with Crippen LogP contribution in [0.2, 0.25) is 0 Å². The molecular formula is C14H16O6. The second-order valence-corrected chi connectivity index (χ2v) is 3.68. The van der Waals surface area contributed by atoms with Crippen LogP contribution in [-0.2, 0) is 14.3 Å². The van der Waals surface area contributed by atoms with E-state index in [1.807, 2.05) is 0 Å². The SMILES string of the molecule is CCOc1ccc(OC)cc1/C(O)=C/C(=O)C(=O)OC. The monoisotopic (exact) mass is 280 g/mol. The first-order valence-corrected chi connectivity index (χ1v) is 5.87. The highest BCUT2D eigenvalue weighted by atomic mass is 16.5. The van der Waals surface area contributed by atoms with Gasteiger partial charge in [-0.15, -0.1) is 0 Å². The molecule has 0 aromatic heterocycles. The lowest BCUT2D eigenvalue weighted by molar-refractivity contribution is -0.149. The first-order chi connectivity index (χ1) is 9.53. The van der Waals surface area contributed by atoms with E-state index in [1.165, 1.54) is 13.2 Å². The van der Waals surface area contributed by atoms with E-state index in [9.17, 15) is 14.7 Å². The second-order valence-electron chi connectivity index (χ2n) is 3.68. The van der Waals surface area contributed by atoms with Crippen LogP contribution in [0, 0.1) is 0 Å². The van der Waals surface area contributed by atoms with Gasteiger partial charge in [-0.2, -0.15) is 0 Å². The number of ether oxygens (including phenoxy) is 3. The van der Waals surface area contributed by atoms with Crippen LogP contribution in [0.1, 0.15) is 12.5 Å². The van der Waals surface area contributed by atoms with Crippen molar-refractivity contribution >= 4 is 17.5 Å². The van der Waals surface area contributed by atoms with E-state index in [0.29, 0.717) is 18.1 Å². The van der Waals surface area contributed by atoms with Crippen LogP contribution in [0.15, 0.2) is 24.3 Å². The fraction of sp³-hybridized carbons (Fsp3) is 0.286. The molecule has 0 heterocycles. The quantitative estimate of drug-likeness (QED) is 0.370. The first-order valence-electron chi connectivity index (χ1n) is 5.87. The Morgan fingerprint density at radius 1 is 1.30 bits per heavy atom. The van der Waals surface area contributed by atoms with Crippen molar-refractivity contribution in [3.8, 4) is 11.5 Å². The molecule has 6 heteroatoms. The van der Waals surface area contributed by atoms with Crippen LogP contribution in [-0.4, -0.2) is 37.7 Å². The molecule has 0 atom stereocenters. The van der Waals surface area contributed by atoms with Crippen molar-refractivity contribution in [1.29, 1.82) is 0 Å². The van der Waals surface area contributed by atoms with Crippen molar-refractivity contribution in [1.82, 2.24) is 0 Å². The van der Waals surface area contributed by atoms with Crippen molar-refractivity contribution < 1.29 is 28.9 Å². The van der Waals surface area contributed by atoms with Gasteiger partial charge in [0.05, 0.1) is 26.4 Å². The lowest BCUT2D eigenvalue weighted by atomic mass is 10.1. The van der Waals surface area contributed by atoms with Crippen LogP contribution < -0.4 is 9.47 Å². The summed E-state index contributed by atoms with van der Waals surface area (Å²) >= 11 is 0. The van der Waals surface area contributed by atoms with Crippen LogP contribution in [0.4, 0.5) is 0 Å². The van der Waals surface area contributed by atoms with Crippen LogP contribution >= 0.6 is 0 Å². The summed E-state index contributed by atoms with van der Waals surface area (Å²) in [5.74, 6) is -1.57.